The standard InChI is InChI=1S/C21H21N5O/c1-15-9-10-20(27)18(24-15)14-26-19-8-3-2-7-17(19)25-21(26)23-13-11-16-6-4-5-12-22-16/h2-10,12,27H,11,13-14H2,1H3,(H,23,25). The normalized spacial score (nSPS) is 11.0. The van der Waals surface area contributed by atoms with Crippen LogP contribution in [0.5, 0.6) is 5.75 Å². The summed E-state index contributed by atoms with van der Waals surface area (Å²) in [6.45, 7) is 3.08. The number of pyridine rings is 2. The zero-order valence-corrected chi connectivity index (χ0v) is 15.1. The van der Waals surface area contributed by atoms with Gasteiger partial charge in [0.05, 0.1) is 17.6 Å². The molecule has 2 N–H and O–H groups in total. The molecule has 0 amide bonds. The van der Waals surface area contributed by atoms with Crippen LogP contribution in [0.15, 0.2) is 60.8 Å². The van der Waals surface area contributed by atoms with Crippen LogP contribution in [0, 0.1) is 6.92 Å². The van der Waals surface area contributed by atoms with Crippen molar-refractivity contribution in [1.29, 1.82) is 0 Å². The number of nitrogens with zero attached hydrogens (tertiary/aromatic N) is 4. The maximum atomic E-state index is 10.2. The van der Waals surface area contributed by atoms with E-state index in [-0.39, 0.29) is 5.75 Å². The minimum Gasteiger partial charge on any atom is -0.506 e. The molecule has 0 bridgehead atoms. The third kappa shape index (κ3) is 3.74. The fourth-order valence-electron chi connectivity index (χ4n) is 3.09. The molecule has 6 nitrogen and oxygen atoms in total. The summed E-state index contributed by atoms with van der Waals surface area (Å²) in [5.41, 5.74) is 4.44. The number of aryl methyl sites for hydroxylation is 1. The molecule has 4 rings (SSSR count). The maximum absolute atomic E-state index is 10.2. The molecule has 1 aromatic carbocycles. The number of nitrogens with one attached hydrogen (secondary N) is 1. The van der Waals surface area contributed by atoms with Crippen molar-refractivity contribution < 1.29 is 5.11 Å². The van der Waals surface area contributed by atoms with Gasteiger partial charge in [0.15, 0.2) is 0 Å². The molecule has 0 spiro atoms. The van der Waals surface area contributed by atoms with Gasteiger partial charge >= 0.3 is 0 Å². The molecule has 0 fully saturated rings. The number of hydrogen-bond donors (Lipinski definition) is 2. The van der Waals surface area contributed by atoms with E-state index in [1.165, 1.54) is 0 Å². The van der Waals surface area contributed by atoms with E-state index in [1.807, 2.05) is 49.4 Å². The molecule has 0 saturated heterocycles. The first-order chi connectivity index (χ1) is 13.2. The van der Waals surface area contributed by atoms with Gasteiger partial charge in [-0.25, -0.2) is 4.98 Å². The highest BCUT2D eigenvalue weighted by molar-refractivity contribution is 5.78. The Bertz CT molecular complexity index is 1060. The van der Waals surface area contributed by atoms with Crippen LogP contribution in [0.2, 0.25) is 0 Å². The lowest BCUT2D eigenvalue weighted by Crippen LogP contribution is -2.12. The first kappa shape index (κ1) is 17.0. The summed E-state index contributed by atoms with van der Waals surface area (Å²) in [5, 5.41) is 13.6. The van der Waals surface area contributed by atoms with Crippen LogP contribution in [-0.2, 0) is 13.0 Å². The van der Waals surface area contributed by atoms with Crippen molar-refractivity contribution in [1.82, 2.24) is 19.5 Å². The van der Waals surface area contributed by atoms with E-state index in [2.05, 4.69) is 19.9 Å². The highest BCUT2D eigenvalue weighted by Gasteiger charge is 2.13. The molecule has 6 heteroatoms. The molecule has 0 unspecified atom stereocenters. The van der Waals surface area contributed by atoms with Crippen LogP contribution in [-0.4, -0.2) is 31.2 Å². The Morgan fingerprint density at radius 1 is 1.00 bits per heavy atom. The van der Waals surface area contributed by atoms with Crippen LogP contribution >= 0.6 is 0 Å². The van der Waals surface area contributed by atoms with Gasteiger partial charge in [0, 0.05) is 30.6 Å². The van der Waals surface area contributed by atoms with Gasteiger partial charge < -0.3 is 15.0 Å². The molecule has 0 aliphatic rings. The monoisotopic (exact) mass is 359 g/mol. The summed E-state index contributed by atoms with van der Waals surface area (Å²) < 4.78 is 2.05. The quantitative estimate of drug-likeness (QED) is 0.551. The predicted octanol–water partition coefficient (Wildman–Crippen LogP) is 3.54. The lowest BCUT2D eigenvalue weighted by Gasteiger charge is -2.12. The molecular formula is C21H21N5O. The summed E-state index contributed by atoms with van der Waals surface area (Å²) >= 11 is 0. The molecule has 136 valence electrons. The minimum atomic E-state index is 0.192. The number of fused-ring (bicyclic) bond motifs is 1. The Labute approximate surface area is 157 Å². The lowest BCUT2D eigenvalue weighted by molar-refractivity contribution is 0.461. The Morgan fingerprint density at radius 2 is 1.85 bits per heavy atom. The van der Waals surface area contributed by atoms with Crippen LogP contribution in [0.3, 0.4) is 0 Å². The smallest absolute Gasteiger partial charge is 0.204 e. The second-order valence-electron chi connectivity index (χ2n) is 6.43. The summed E-state index contributed by atoms with van der Waals surface area (Å²) in [6, 6.07) is 17.4. The highest BCUT2D eigenvalue weighted by Crippen LogP contribution is 2.24. The number of para-hydroxylation sites is 2. The number of aromatic hydroxyl groups is 1. The van der Waals surface area contributed by atoms with Crippen LogP contribution in [0.1, 0.15) is 17.1 Å². The molecule has 0 saturated carbocycles. The van der Waals surface area contributed by atoms with E-state index in [1.54, 1.807) is 18.3 Å². The fourth-order valence-corrected chi connectivity index (χ4v) is 3.09. The summed E-state index contributed by atoms with van der Waals surface area (Å²) in [5.74, 6) is 0.952. The SMILES string of the molecule is Cc1ccc(O)c(Cn2c(NCCc3ccccn3)nc3ccccc32)n1. The van der Waals surface area contributed by atoms with Gasteiger partial charge in [0.2, 0.25) is 5.95 Å². The van der Waals surface area contributed by atoms with Crippen molar-refractivity contribution in [3.8, 4) is 5.75 Å². The van der Waals surface area contributed by atoms with E-state index in [9.17, 15) is 5.11 Å². The fraction of sp³-hybridized carbons (Fsp3) is 0.190. The van der Waals surface area contributed by atoms with E-state index in [0.29, 0.717) is 18.8 Å². The molecule has 0 atom stereocenters. The van der Waals surface area contributed by atoms with Crippen molar-refractivity contribution in [3.05, 3.63) is 77.9 Å². The number of aromatic nitrogens is 4. The van der Waals surface area contributed by atoms with Gasteiger partial charge in [-0.2, -0.15) is 0 Å². The summed E-state index contributed by atoms with van der Waals surface area (Å²) in [7, 11) is 0. The van der Waals surface area contributed by atoms with Crippen LogP contribution in [0.4, 0.5) is 5.95 Å². The Morgan fingerprint density at radius 3 is 2.70 bits per heavy atom. The van der Waals surface area contributed by atoms with Gasteiger partial charge in [-0.15, -0.1) is 0 Å². The van der Waals surface area contributed by atoms with Gasteiger partial charge in [-0.3, -0.25) is 9.97 Å². The number of benzene rings is 1. The zero-order chi connectivity index (χ0) is 18.6. The number of hydrogen-bond acceptors (Lipinski definition) is 5. The number of anilines is 1. The van der Waals surface area contributed by atoms with Gasteiger partial charge in [0.25, 0.3) is 0 Å². The van der Waals surface area contributed by atoms with Crippen molar-refractivity contribution in [3.63, 3.8) is 0 Å². The molecule has 0 radical (unpaired) electrons. The largest absolute Gasteiger partial charge is 0.506 e. The zero-order valence-electron chi connectivity index (χ0n) is 15.1. The van der Waals surface area contributed by atoms with Crippen molar-refractivity contribution in [2.75, 3.05) is 11.9 Å². The maximum Gasteiger partial charge on any atom is 0.204 e. The molecular weight excluding hydrogens is 338 g/mol. The second-order valence-corrected chi connectivity index (χ2v) is 6.43. The Balaban J connectivity index is 1.62. The molecule has 27 heavy (non-hydrogen) atoms. The van der Waals surface area contributed by atoms with Crippen molar-refractivity contribution in [2.24, 2.45) is 0 Å². The molecule has 0 aliphatic heterocycles. The average Bonchev–Trinajstić information content (AvgIpc) is 3.03. The first-order valence-electron chi connectivity index (χ1n) is 8.95. The van der Waals surface area contributed by atoms with Gasteiger partial charge in [0.1, 0.15) is 11.4 Å². The molecule has 0 aliphatic carbocycles. The lowest BCUT2D eigenvalue weighted by atomic mass is 10.2. The summed E-state index contributed by atoms with van der Waals surface area (Å²) in [4.78, 5) is 13.6. The third-order valence-electron chi connectivity index (χ3n) is 4.44. The number of imidazole rings is 1. The average molecular weight is 359 g/mol. The van der Waals surface area contributed by atoms with Gasteiger partial charge in [-0.05, 0) is 43.3 Å². The summed E-state index contributed by atoms with van der Waals surface area (Å²) in [6.07, 6.45) is 2.61. The third-order valence-corrected chi connectivity index (χ3v) is 4.44. The predicted molar refractivity (Wildman–Crippen MR) is 106 cm³/mol. The number of rotatable bonds is 6. The second kappa shape index (κ2) is 7.45. The van der Waals surface area contributed by atoms with E-state index >= 15 is 0 Å². The van der Waals surface area contributed by atoms with E-state index in [4.69, 9.17) is 4.98 Å². The molecule has 3 aromatic heterocycles. The molecule has 4 aromatic rings. The first-order valence-corrected chi connectivity index (χ1v) is 8.95. The van der Waals surface area contributed by atoms with E-state index in [0.717, 1.165) is 34.8 Å². The Kier molecular flexibility index (Phi) is 4.70. The van der Waals surface area contributed by atoms with Gasteiger partial charge in [-0.1, -0.05) is 18.2 Å². The van der Waals surface area contributed by atoms with Crippen LogP contribution in [0.25, 0.3) is 11.0 Å². The van der Waals surface area contributed by atoms with E-state index < -0.39 is 0 Å². The Hall–Kier alpha value is -3.41. The molecule has 3 heterocycles. The van der Waals surface area contributed by atoms with Crippen molar-refractivity contribution in [2.45, 2.75) is 19.9 Å². The van der Waals surface area contributed by atoms with Crippen LogP contribution < -0.4 is 5.32 Å². The highest BCUT2D eigenvalue weighted by atomic mass is 16.3. The topological polar surface area (TPSA) is 75.9 Å². The van der Waals surface area contributed by atoms with Crippen molar-refractivity contribution >= 4 is 17.0 Å². The minimum absolute atomic E-state index is 0.192.